The summed E-state index contributed by atoms with van der Waals surface area (Å²) in [5.74, 6) is 2.47. The summed E-state index contributed by atoms with van der Waals surface area (Å²) in [4.78, 5) is 12.7. The number of pyridine rings is 1. The highest BCUT2D eigenvalue weighted by molar-refractivity contribution is 14.0. The summed E-state index contributed by atoms with van der Waals surface area (Å²) in [6.45, 7) is 4.37. The third-order valence-electron chi connectivity index (χ3n) is 2.71. The number of rotatable bonds is 5. The van der Waals surface area contributed by atoms with Gasteiger partial charge in [-0.2, -0.15) is 0 Å². The molecule has 6 nitrogen and oxygen atoms in total. The second kappa shape index (κ2) is 8.60. The van der Waals surface area contributed by atoms with Crippen LogP contribution < -0.4 is 11.1 Å². The highest BCUT2D eigenvalue weighted by Gasteiger charge is 2.08. The largest absolute Gasteiger partial charge is 0.443 e. The van der Waals surface area contributed by atoms with Gasteiger partial charge in [0.2, 0.25) is 0 Å². The van der Waals surface area contributed by atoms with Crippen LogP contribution in [0.1, 0.15) is 30.7 Å². The first-order chi connectivity index (χ1) is 9.69. The second-order valence-electron chi connectivity index (χ2n) is 4.41. The molecule has 7 heteroatoms. The van der Waals surface area contributed by atoms with Crippen LogP contribution in [-0.2, 0) is 13.0 Å². The summed E-state index contributed by atoms with van der Waals surface area (Å²) in [5, 5.41) is 2.92. The maximum absolute atomic E-state index is 5.81. The molecule has 2 rings (SSSR count). The van der Waals surface area contributed by atoms with Crippen molar-refractivity contribution in [3.63, 3.8) is 0 Å². The quantitative estimate of drug-likeness (QED) is 0.457. The molecule has 0 atom stereocenters. The minimum atomic E-state index is 0. The van der Waals surface area contributed by atoms with Crippen LogP contribution in [0.5, 0.6) is 0 Å². The summed E-state index contributed by atoms with van der Waals surface area (Å²) in [7, 11) is 0. The molecule has 0 radical (unpaired) electrons. The first-order valence-electron chi connectivity index (χ1n) is 6.62. The van der Waals surface area contributed by atoms with Crippen LogP contribution >= 0.6 is 24.0 Å². The molecule has 0 amide bonds. The summed E-state index contributed by atoms with van der Waals surface area (Å²) >= 11 is 0. The lowest BCUT2D eigenvalue weighted by molar-refractivity contribution is 0.453. The van der Waals surface area contributed by atoms with Crippen molar-refractivity contribution < 1.29 is 4.42 Å². The lowest BCUT2D eigenvalue weighted by Gasteiger charge is -2.03. The number of hydrogen-bond acceptors (Lipinski definition) is 4. The van der Waals surface area contributed by atoms with E-state index in [2.05, 4.69) is 27.2 Å². The van der Waals surface area contributed by atoms with Gasteiger partial charge in [-0.15, -0.1) is 24.0 Å². The Kier molecular flexibility index (Phi) is 7.13. The van der Waals surface area contributed by atoms with Crippen molar-refractivity contribution in [2.45, 2.75) is 33.2 Å². The number of nitrogens with zero attached hydrogens (tertiary/aromatic N) is 3. The molecular weight excluding hydrogens is 381 g/mol. The van der Waals surface area contributed by atoms with Crippen molar-refractivity contribution in [3.8, 4) is 0 Å². The van der Waals surface area contributed by atoms with Crippen molar-refractivity contribution in [1.29, 1.82) is 0 Å². The van der Waals surface area contributed by atoms with E-state index in [1.165, 1.54) is 0 Å². The summed E-state index contributed by atoms with van der Waals surface area (Å²) in [6, 6.07) is 5.54. The molecule has 0 aliphatic rings. The highest BCUT2D eigenvalue weighted by atomic mass is 127. The first kappa shape index (κ1) is 17.4. The van der Waals surface area contributed by atoms with E-state index in [1.807, 2.05) is 25.1 Å². The van der Waals surface area contributed by atoms with E-state index >= 15 is 0 Å². The Bertz CT molecular complexity index is 582. The monoisotopic (exact) mass is 401 g/mol. The number of guanidine groups is 1. The van der Waals surface area contributed by atoms with Gasteiger partial charge in [0, 0.05) is 12.6 Å². The van der Waals surface area contributed by atoms with Gasteiger partial charge in [-0.25, -0.2) is 15.0 Å². The molecule has 0 aliphatic heterocycles. The molecule has 0 aliphatic carbocycles. The van der Waals surface area contributed by atoms with Crippen molar-refractivity contribution in [3.05, 3.63) is 41.7 Å². The van der Waals surface area contributed by atoms with E-state index in [1.54, 1.807) is 6.20 Å². The predicted molar refractivity (Wildman–Crippen MR) is 93.8 cm³/mol. The van der Waals surface area contributed by atoms with E-state index in [9.17, 15) is 0 Å². The fraction of sp³-hybridized carbons (Fsp3) is 0.357. The minimum absolute atomic E-state index is 0. The van der Waals surface area contributed by atoms with Crippen LogP contribution in [0, 0.1) is 6.92 Å². The van der Waals surface area contributed by atoms with Crippen molar-refractivity contribution in [1.82, 2.24) is 9.97 Å². The maximum atomic E-state index is 5.81. The molecule has 0 fully saturated rings. The van der Waals surface area contributed by atoms with Crippen molar-refractivity contribution >= 4 is 35.8 Å². The van der Waals surface area contributed by atoms with Gasteiger partial charge in [-0.3, -0.25) is 0 Å². The zero-order chi connectivity index (χ0) is 14.4. The first-order valence-corrected chi connectivity index (χ1v) is 6.62. The average Bonchev–Trinajstić information content (AvgIpc) is 2.78. The minimum Gasteiger partial charge on any atom is -0.443 e. The van der Waals surface area contributed by atoms with E-state index < -0.39 is 0 Å². The zero-order valence-corrected chi connectivity index (χ0v) is 14.5. The van der Waals surface area contributed by atoms with Crippen molar-refractivity contribution in [2.24, 2.45) is 10.7 Å². The Morgan fingerprint density at radius 1 is 1.43 bits per heavy atom. The Hall–Kier alpha value is -1.64. The van der Waals surface area contributed by atoms with Gasteiger partial charge in [0.1, 0.15) is 18.1 Å². The van der Waals surface area contributed by atoms with Crippen LogP contribution in [0.3, 0.4) is 0 Å². The smallest absolute Gasteiger partial charge is 0.194 e. The predicted octanol–water partition coefficient (Wildman–Crippen LogP) is 2.88. The molecule has 0 unspecified atom stereocenters. The van der Waals surface area contributed by atoms with E-state index in [0.29, 0.717) is 18.3 Å². The molecule has 0 spiro atoms. The Morgan fingerprint density at radius 3 is 2.90 bits per heavy atom. The number of nitrogens with two attached hydrogens (primary N) is 1. The van der Waals surface area contributed by atoms with Crippen LogP contribution in [0.4, 0.5) is 5.82 Å². The molecule has 0 saturated heterocycles. The standard InChI is InChI=1S/C14H19N5O.HI/c1-3-6-13-18-10(2)11(20-13)9-17-14(15)19-12-7-4-5-8-16-12;/h4-5,7-8H,3,6,9H2,1-2H3,(H3,15,16,17,19);1H. The van der Waals surface area contributed by atoms with Gasteiger partial charge >= 0.3 is 0 Å². The molecule has 2 aromatic heterocycles. The normalized spacial score (nSPS) is 11.0. The molecule has 0 saturated carbocycles. The van der Waals surface area contributed by atoms with E-state index in [0.717, 1.165) is 30.2 Å². The molecule has 114 valence electrons. The van der Waals surface area contributed by atoms with Gasteiger partial charge in [-0.1, -0.05) is 13.0 Å². The summed E-state index contributed by atoms with van der Waals surface area (Å²) < 4.78 is 5.64. The molecule has 2 aromatic rings. The lowest BCUT2D eigenvalue weighted by Crippen LogP contribution is -2.23. The number of anilines is 1. The molecule has 0 aromatic carbocycles. The van der Waals surface area contributed by atoms with E-state index in [4.69, 9.17) is 10.2 Å². The van der Waals surface area contributed by atoms with Crippen LogP contribution in [0.2, 0.25) is 0 Å². The number of oxazole rings is 1. The van der Waals surface area contributed by atoms with Crippen LogP contribution in [0.25, 0.3) is 0 Å². The summed E-state index contributed by atoms with van der Waals surface area (Å²) in [5.41, 5.74) is 6.67. The third-order valence-corrected chi connectivity index (χ3v) is 2.71. The van der Waals surface area contributed by atoms with Gasteiger partial charge in [-0.05, 0) is 25.5 Å². The lowest BCUT2D eigenvalue weighted by atomic mass is 10.3. The summed E-state index contributed by atoms with van der Waals surface area (Å²) in [6.07, 6.45) is 3.53. The molecule has 2 heterocycles. The topological polar surface area (TPSA) is 89.3 Å². The number of aromatic nitrogens is 2. The average molecular weight is 401 g/mol. The van der Waals surface area contributed by atoms with Gasteiger partial charge < -0.3 is 15.5 Å². The third kappa shape index (κ3) is 5.33. The van der Waals surface area contributed by atoms with Crippen LogP contribution in [0.15, 0.2) is 33.8 Å². The number of nitrogens with one attached hydrogen (secondary N) is 1. The van der Waals surface area contributed by atoms with Gasteiger partial charge in [0.05, 0.1) is 5.69 Å². The number of aliphatic imine (C=N–C) groups is 1. The van der Waals surface area contributed by atoms with Crippen molar-refractivity contribution in [2.75, 3.05) is 5.32 Å². The Labute approximate surface area is 141 Å². The Balaban J connectivity index is 0.00000220. The maximum Gasteiger partial charge on any atom is 0.194 e. The number of aryl methyl sites for hydroxylation is 2. The number of halogens is 1. The molecular formula is C14H20IN5O. The molecule has 3 N–H and O–H groups in total. The number of hydrogen-bond donors (Lipinski definition) is 2. The van der Waals surface area contributed by atoms with Crippen LogP contribution in [-0.4, -0.2) is 15.9 Å². The molecule has 21 heavy (non-hydrogen) atoms. The fourth-order valence-electron chi connectivity index (χ4n) is 1.72. The van der Waals surface area contributed by atoms with Gasteiger partial charge in [0.15, 0.2) is 11.9 Å². The highest BCUT2D eigenvalue weighted by Crippen LogP contribution is 2.12. The fourth-order valence-corrected chi connectivity index (χ4v) is 1.72. The van der Waals surface area contributed by atoms with Gasteiger partial charge in [0.25, 0.3) is 0 Å². The van der Waals surface area contributed by atoms with E-state index in [-0.39, 0.29) is 24.0 Å². The second-order valence-corrected chi connectivity index (χ2v) is 4.41. The zero-order valence-electron chi connectivity index (χ0n) is 12.2. The SMILES string of the molecule is CCCc1nc(C)c(CN=C(N)Nc2ccccn2)o1.I. The molecule has 0 bridgehead atoms. The Morgan fingerprint density at radius 2 is 2.24 bits per heavy atom.